The van der Waals surface area contributed by atoms with Crippen molar-refractivity contribution in [2.75, 3.05) is 38.6 Å². The molecule has 0 aliphatic carbocycles. The predicted molar refractivity (Wildman–Crippen MR) is 94.2 cm³/mol. The van der Waals surface area contributed by atoms with Gasteiger partial charge in [-0.3, -0.25) is 0 Å². The number of piperidine rings is 1. The van der Waals surface area contributed by atoms with E-state index >= 15 is 0 Å². The first-order valence-electron chi connectivity index (χ1n) is 8.16. The number of hydrogen-bond acceptors (Lipinski definition) is 4. The van der Waals surface area contributed by atoms with Gasteiger partial charge in [-0.1, -0.05) is 11.6 Å². The quantitative estimate of drug-likeness (QED) is 0.843. The largest absolute Gasteiger partial charge is 0.355 e. The van der Waals surface area contributed by atoms with Crippen molar-refractivity contribution in [1.29, 1.82) is 0 Å². The topological polar surface area (TPSA) is 37.2 Å². The van der Waals surface area contributed by atoms with E-state index in [-0.39, 0.29) is 0 Å². The number of rotatable bonds is 5. The third kappa shape index (κ3) is 3.85. The number of aromatic nitrogens is 3. The lowest BCUT2D eigenvalue weighted by Crippen LogP contribution is -2.36. The molecule has 0 aromatic carbocycles. The van der Waals surface area contributed by atoms with Crippen LogP contribution in [0.5, 0.6) is 0 Å². The second kappa shape index (κ2) is 7.32. The van der Waals surface area contributed by atoms with Crippen LogP contribution in [-0.4, -0.2) is 53.2 Å². The molecule has 0 amide bonds. The van der Waals surface area contributed by atoms with E-state index in [1.165, 1.54) is 12.2 Å². The second-order valence-corrected chi connectivity index (χ2v) is 6.78. The molecule has 1 atom stereocenters. The molecule has 0 spiro atoms. The fourth-order valence-electron chi connectivity index (χ4n) is 3.17. The highest BCUT2D eigenvalue weighted by Gasteiger charge is 2.26. The Labute approximate surface area is 142 Å². The molecule has 0 N–H and O–H groups in total. The van der Waals surface area contributed by atoms with Crippen LogP contribution >= 0.6 is 11.6 Å². The maximum atomic E-state index is 6.32. The van der Waals surface area contributed by atoms with Crippen LogP contribution in [0.1, 0.15) is 24.6 Å². The first-order valence-corrected chi connectivity index (χ1v) is 8.54. The Kier molecular flexibility index (Phi) is 5.18. The second-order valence-electron chi connectivity index (χ2n) is 6.38. The first-order chi connectivity index (χ1) is 11.1. The SMILES string of the molecule is CN(C)CCn1ccnc1C1CCCN(c2ncccc2Cl)C1. The van der Waals surface area contributed by atoms with Gasteiger partial charge in [0.15, 0.2) is 0 Å². The van der Waals surface area contributed by atoms with E-state index in [0.717, 1.165) is 43.4 Å². The Morgan fingerprint density at radius 3 is 2.96 bits per heavy atom. The van der Waals surface area contributed by atoms with Gasteiger partial charge in [-0.25, -0.2) is 9.97 Å². The Morgan fingerprint density at radius 2 is 2.17 bits per heavy atom. The van der Waals surface area contributed by atoms with Crippen LogP contribution in [0.15, 0.2) is 30.7 Å². The smallest absolute Gasteiger partial charge is 0.147 e. The third-order valence-electron chi connectivity index (χ3n) is 4.36. The molecule has 0 saturated carbocycles. The van der Waals surface area contributed by atoms with E-state index in [9.17, 15) is 0 Å². The minimum atomic E-state index is 0.430. The minimum Gasteiger partial charge on any atom is -0.355 e. The monoisotopic (exact) mass is 333 g/mol. The molecular formula is C17H24ClN5. The van der Waals surface area contributed by atoms with E-state index < -0.39 is 0 Å². The van der Waals surface area contributed by atoms with Gasteiger partial charge in [0.2, 0.25) is 0 Å². The summed E-state index contributed by atoms with van der Waals surface area (Å²) in [6.45, 7) is 3.93. The summed E-state index contributed by atoms with van der Waals surface area (Å²) in [5.74, 6) is 2.51. The number of halogens is 1. The van der Waals surface area contributed by atoms with Gasteiger partial charge in [0.25, 0.3) is 0 Å². The number of imidazole rings is 1. The van der Waals surface area contributed by atoms with Crippen molar-refractivity contribution < 1.29 is 0 Å². The zero-order valence-electron chi connectivity index (χ0n) is 13.8. The lowest BCUT2D eigenvalue weighted by molar-refractivity contribution is 0.373. The number of likely N-dealkylation sites (N-methyl/N-ethyl adjacent to an activating group) is 1. The zero-order valence-corrected chi connectivity index (χ0v) is 14.6. The first kappa shape index (κ1) is 16.3. The van der Waals surface area contributed by atoms with Gasteiger partial charge >= 0.3 is 0 Å². The highest BCUT2D eigenvalue weighted by Crippen LogP contribution is 2.31. The van der Waals surface area contributed by atoms with Crippen molar-refractivity contribution in [3.63, 3.8) is 0 Å². The normalized spacial score (nSPS) is 18.6. The van der Waals surface area contributed by atoms with Crippen LogP contribution in [0.3, 0.4) is 0 Å². The lowest BCUT2D eigenvalue weighted by atomic mass is 9.97. The van der Waals surface area contributed by atoms with Gasteiger partial charge in [-0.05, 0) is 39.1 Å². The molecular weight excluding hydrogens is 310 g/mol. The molecule has 3 heterocycles. The number of nitrogens with zero attached hydrogens (tertiary/aromatic N) is 5. The van der Waals surface area contributed by atoms with E-state index in [1.54, 1.807) is 0 Å². The maximum Gasteiger partial charge on any atom is 0.147 e. The molecule has 1 unspecified atom stereocenters. The Bertz CT molecular complexity index is 639. The molecule has 23 heavy (non-hydrogen) atoms. The average molecular weight is 334 g/mol. The molecule has 1 aliphatic heterocycles. The number of pyridine rings is 1. The molecule has 1 aliphatic rings. The van der Waals surface area contributed by atoms with Crippen LogP contribution in [0, 0.1) is 0 Å². The molecule has 124 valence electrons. The minimum absolute atomic E-state index is 0.430. The molecule has 3 rings (SSSR count). The molecule has 5 nitrogen and oxygen atoms in total. The van der Waals surface area contributed by atoms with E-state index in [4.69, 9.17) is 11.6 Å². The number of anilines is 1. The highest BCUT2D eigenvalue weighted by atomic mass is 35.5. The Balaban J connectivity index is 1.74. The summed E-state index contributed by atoms with van der Waals surface area (Å²) in [6, 6.07) is 3.78. The summed E-state index contributed by atoms with van der Waals surface area (Å²) in [5.41, 5.74) is 0. The van der Waals surface area contributed by atoms with Gasteiger partial charge in [-0.15, -0.1) is 0 Å². The molecule has 0 bridgehead atoms. The maximum absolute atomic E-state index is 6.32. The standard InChI is InChI=1S/C17H24ClN5/c1-21(2)11-12-22-10-8-20-16(22)14-5-4-9-23(13-14)17-15(18)6-3-7-19-17/h3,6-8,10,14H,4-5,9,11-13H2,1-2H3. The van der Waals surface area contributed by atoms with Crippen molar-refractivity contribution in [3.05, 3.63) is 41.6 Å². The van der Waals surface area contributed by atoms with E-state index in [1.807, 2.05) is 24.5 Å². The van der Waals surface area contributed by atoms with Crippen LogP contribution < -0.4 is 4.90 Å². The van der Waals surface area contributed by atoms with Crippen LogP contribution in [0.2, 0.25) is 5.02 Å². The van der Waals surface area contributed by atoms with Gasteiger partial charge in [0.05, 0.1) is 5.02 Å². The lowest BCUT2D eigenvalue weighted by Gasteiger charge is -2.34. The Morgan fingerprint density at radius 1 is 1.30 bits per heavy atom. The molecule has 2 aromatic heterocycles. The molecule has 1 saturated heterocycles. The molecule has 0 radical (unpaired) electrons. The van der Waals surface area contributed by atoms with Crippen molar-refractivity contribution in [2.24, 2.45) is 0 Å². The van der Waals surface area contributed by atoms with Crippen molar-refractivity contribution in [2.45, 2.75) is 25.3 Å². The fourth-order valence-corrected chi connectivity index (χ4v) is 3.41. The third-order valence-corrected chi connectivity index (χ3v) is 4.66. The van der Waals surface area contributed by atoms with Crippen LogP contribution in [0.4, 0.5) is 5.82 Å². The highest BCUT2D eigenvalue weighted by molar-refractivity contribution is 6.32. The number of hydrogen-bond donors (Lipinski definition) is 0. The van der Waals surface area contributed by atoms with Crippen molar-refractivity contribution in [1.82, 2.24) is 19.4 Å². The summed E-state index contributed by atoms with van der Waals surface area (Å²) >= 11 is 6.32. The van der Waals surface area contributed by atoms with Gasteiger partial charge < -0.3 is 14.4 Å². The van der Waals surface area contributed by atoms with E-state index in [2.05, 4.69) is 44.6 Å². The van der Waals surface area contributed by atoms with Crippen LogP contribution in [0.25, 0.3) is 0 Å². The van der Waals surface area contributed by atoms with Gasteiger partial charge in [0.1, 0.15) is 11.6 Å². The van der Waals surface area contributed by atoms with Crippen LogP contribution in [-0.2, 0) is 6.54 Å². The summed E-state index contributed by atoms with van der Waals surface area (Å²) in [6.07, 6.45) is 8.12. The van der Waals surface area contributed by atoms with Crippen molar-refractivity contribution >= 4 is 17.4 Å². The zero-order chi connectivity index (χ0) is 16.2. The summed E-state index contributed by atoms with van der Waals surface area (Å²) in [5, 5.41) is 0.726. The summed E-state index contributed by atoms with van der Waals surface area (Å²) in [7, 11) is 4.20. The van der Waals surface area contributed by atoms with Gasteiger partial charge in [0, 0.05) is 50.7 Å². The molecule has 6 heteroatoms. The van der Waals surface area contributed by atoms with Gasteiger partial charge in [-0.2, -0.15) is 0 Å². The molecule has 2 aromatic rings. The van der Waals surface area contributed by atoms with E-state index in [0.29, 0.717) is 5.92 Å². The van der Waals surface area contributed by atoms with Crippen molar-refractivity contribution in [3.8, 4) is 0 Å². The average Bonchev–Trinajstić information content (AvgIpc) is 3.02. The fraction of sp³-hybridized carbons (Fsp3) is 0.529. The summed E-state index contributed by atoms with van der Waals surface area (Å²) < 4.78 is 2.29. The summed E-state index contributed by atoms with van der Waals surface area (Å²) in [4.78, 5) is 13.6. The Hall–Kier alpha value is -1.59. The molecule has 1 fully saturated rings. The predicted octanol–water partition coefficient (Wildman–Crippen LogP) is 2.88.